The van der Waals surface area contributed by atoms with Crippen LogP contribution in [0.5, 0.6) is 0 Å². The lowest BCUT2D eigenvalue weighted by molar-refractivity contribution is 0.597. The summed E-state index contributed by atoms with van der Waals surface area (Å²) in [6.07, 6.45) is 0. The molecule has 6 heteroatoms. The number of benzene rings is 1. The highest BCUT2D eigenvalue weighted by atomic mass is 79.9. The van der Waals surface area contributed by atoms with Gasteiger partial charge in [-0.15, -0.1) is 0 Å². The SMILES string of the molecule is CCS(=O)(=O)CCNc1cc(F)ccc1Br. The van der Waals surface area contributed by atoms with Crippen molar-refractivity contribution in [3.05, 3.63) is 28.5 Å². The molecule has 0 unspecified atom stereocenters. The van der Waals surface area contributed by atoms with Gasteiger partial charge in [-0.25, -0.2) is 12.8 Å². The number of sulfone groups is 1. The van der Waals surface area contributed by atoms with E-state index in [9.17, 15) is 12.8 Å². The molecule has 0 aliphatic rings. The first-order valence-electron chi connectivity index (χ1n) is 4.84. The zero-order valence-corrected chi connectivity index (χ0v) is 11.2. The lowest BCUT2D eigenvalue weighted by atomic mass is 10.3. The molecule has 0 saturated heterocycles. The maximum absolute atomic E-state index is 12.9. The Morgan fingerprint density at radius 1 is 1.44 bits per heavy atom. The predicted molar refractivity (Wildman–Crippen MR) is 66.9 cm³/mol. The molecule has 90 valence electrons. The average molecular weight is 310 g/mol. The highest BCUT2D eigenvalue weighted by Gasteiger charge is 2.07. The van der Waals surface area contributed by atoms with Crippen molar-refractivity contribution >= 4 is 31.5 Å². The van der Waals surface area contributed by atoms with E-state index in [-0.39, 0.29) is 23.9 Å². The minimum Gasteiger partial charge on any atom is -0.383 e. The number of anilines is 1. The van der Waals surface area contributed by atoms with Crippen molar-refractivity contribution in [1.29, 1.82) is 0 Å². The summed E-state index contributed by atoms with van der Waals surface area (Å²) in [5.41, 5.74) is 0.561. The van der Waals surface area contributed by atoms with Gasteiger partial charge in [0.1, 0.15) is 5.82 Å². The Labute approximate surface area is 103 Å². The van der Waals surface area contributed by atoms with E-state index in [1.807, 2.05) is 0 Å². The fourth-order valence-electron chi connectivity index (χ4n) is 1.12. The molecule has 0 heterocycles. The van der Waals surface area contributed by atoms with Crippen LogP contribution < -0.4 is 5.32 Å². The van der Waals surface area contributed by atoms with Crippen LogP contribution in [0.3, 0.4) is 0 Å². The Kier molecular flexibility index (Phi) is 4.73. The maximum Gasteiger partial charge on any atom is 0.151 e. The largest absolute Gasteiger partial charge is 0.383 e. The Bertz CT molecular complexity index is 462. The fourth-order valence-corrected chi connectivity index (χ4v) is 2.21. The van der Waals surface area contributed by atoms with Crippen molar-refractivity contribution in [2.24, 2.45) is 0 Å². The highest BCUT2D eigenvalue weighted by molar-refractivity contribution is 9.10. The number of nitrogens with one attached hydrogen (secondary N) is 1. The fraction of sp³-hybridized carbons (Fsp3) is 0.400. The van der Waals surface area contributed by atoms with Crippen LogP contribution >= 0.6 is 15.9 Å². The summed E-state index contributed by atoms with van der Waals surface area (Å²) in [4.78, 5) is 0. The third kappa shape index (κ3) is 4.09. The molecular formula is C10H13BrFNO2S. The minimum absolute atomic E-state index is 0.0481. The molecule has 0 fully saturated rings. The first-order chi connectivity index (χ1) is 7.44. The molecule has 1 N–H and O–H groups in total. The summed E-state index contributed by atoms with van der Waals surface area (Å²) >= 11 is 3.25. The van der Waals surface area contributed by atoms with E-state index >= 15 is 0 Å². The van der Waals surface area contributed by atoms with Gasteiger partial charge in [-0.3, -0.25) is 0 Å². The second kappa shape index (κ2) is 5.63. The van der Waals surface area contributed by atoms with Crippen LogP contribution in [0.25, 0.3) is 0 Å². The monoisotopic (exact) mass is 309 g/mol. The van der Waals surface area contributed by atoms with Crippen molar-refractivity contribution in [1.82, 2.24) is 0 Å². The van der Waals surface area contributed by atoms with Gasteiger partial charge in [0.15, 0.2) is 9.84 Å². The van der Waals surface area contributed by atoms with E-state index in [1.54, 1.807) is 13.0 Å². The molecule has 0 bridgehead atoms. The molecular weight excluding hydrogens is 297 g/mol. The van der Waals surface area contributed by atoms with Crippen LogP contribution in [0.1, 0.15) is 6.92 Å². The Morgan fingerprint density at radius 2 is 2.12 bits per heavy atom. The van der Waals surface area contributed by atoms with Crippen molar-refractivity contribution in [3.8, 4) is 0 Å². The highest BCUT2D eigenvalue weighted by Crippen LogP contribution is 2.22. The standard InChI is InChI=1S/C10H13BrFNO2S/c1-2-16(14,15)6-5-13-10-7-8(12)3-4-9(10)11/h3-4,7,13H,2,5-6H2,1H3. The van der Waals surface area contributed by atoms with Crippen molar-refractivity contribution in [2.45, 2.75) is 6.92 Å². The summed E-state index contributed by atoms with van der Waals surface area (Å²) in [7, 11) is -2.98. The summed E-state index contributed by atoms with van der Waals surface area (Å²) in [5.74, 6) is -0.185. The smallest absolute Gasteiger partial charge is 0.151 e. The van der Waals surface area contributed by atoms with E-state index in [2.05, 4.69) is 21.2 Å². The molecule has 0 aliphatic heterocycles. The zero-order chi connectivity index (χ0) is 12.2. The van der Waals surface area contributed by atoms with Crippen LogP contribution in [0, 0.1) is 5.82 Å². The predicted octanol–water partition coefficient (Wildman–Crippen LogP) is 2.43. The number of rotatable bonds is 5. The van der Waals surface area contributed by atoms with Crippen LogP contribution in [0.4, 0.5) is 10.1 Å². The lowest BCUT2D eigenvalue weighted by Crippen LogP contribution is -2.17. The molecule has 0 atom stereocenters. The summed E-state index contributed by atoms with van der Waals surface area (Å²) in [5, 5.41) is 2.88. The molecule has 1 rings (SSSR count). The Morgan fingerprint density at radius 3 is 2.75 bits per heavy atom. The van der Waals surface area contributed by atoms with Gasteiger partial charge in [0.05, 0.1) is 11.4 Å². The molecule has 0 aliphatic carbocycles. The molecule has 16 heavy (non-hydrogen) atoms. The van der Waals surface area contributed by atoms with Crippen LogP contribution in [0.2, 0.25) is 0 Å². The zero-order valence-electron chi connectivity index (χ0n) is 8.83. The van der Waals surface area contributed by atoms with E-state index in [1.165, 1.54) is 12.1 Å². The normalized spacial score (nSPS) is 11.4. The molecule has 0 amide bonds. The second-order valence-corrected chi connectivity index (χ2v) is 6.61. The molecule has 0 aromatic heterocycles. The van der Waals surface area contributed by atoms with Crippen LogP contribution in [0.15, 0.2) is 22.7 Å². The van der Waals surface area contributed by atoms with Gasteiger partial charge in [0.25, 0.3) is 0 Å². The van der Waals surface area contributed by atoms with Crippen molar-refractivity contribution in [2.75, 3.05) is 23.4 Å². The van der Waals surface area contributed by atoms with E-state index in [0.717, 1.165) is 0 Å². The molecule has 3 nitrogen and oxygen atoms in total. The number of hydrogen-bond acceptors (Lipinski definition) is 3. The van der Waals surface area contributed by atoms with Crippen molar-refractivity contribution < 1.29 is 12.8 Å². The van der Waals surface area contributed by atoms with Gasteiger partial charge >= 0.3 is 0 Å². The molecule has 1 aromatic rings. The first kappa shape index (κ1) is 13.4. The van der Waals surface area contributed by atoms with E-state index < -0.39 is 9.84 Å². The number of halogens is 2. The van der Waals surface area contributed by atoms with Crippen LogP contribution in [-0.4, -0.2) is 26.5 Å². The third-order valence-electron chi connectivity index (χ3n) is 2.10. The number of hydrogen-bond donors (Lipinski definition) is 1. The van der Waals surface area contributed by atoms with E-state index in [0.29, 0.717) is 10.2 Å². The van der Waals surface area contributed by atoms with E-state index in [4.69, 9.17) is 0 Å². The summed E-state index contributed by atoms with van der Waals surface area (Å²) in [6.45, 7) is 1.88. The Balaban J connectivity index is 2.59. The third-order valence-corrected chi connectivity index (χ3v) is 4.49. The quantitative estimate of drug-likeness (QED) is 0.908. The first-order valence-corrected chi connectivity index (χ1v) is 7.45. The average Bonchev–Trinajstić information content (AvgIpc) is 2.23. The molecule has 0 saturated carbocycles. The van der Waals surface area contributed by atoms with Crippen LogP contribution in [-0.2, 0) is 9.84 Å². The second-order valence-electron chi connectivity index (χ2n) is 3.29. The summed E-state index contributed by atoms with van der Waals surface area (Å²) < 4.78 is 36.0. The maximum atomic E-state index is 12.9. The van der Waals surface area contributed by atoms with Gasteiger partial charge in [-0.05, 0) is 34.1 Å². The van der Waals surface area contributed by atoms with Gasteiger partial charge in [0, 0.05) is 16.8 Å². The van der Waals surface area contributed by atoms with Gasteiger partial charge < -0.3 is 5.32 Å². The van der Waals surface area contributed by atoms with Gasteiger partial charge in [0.2, 0.25) is 0 Å². The molecule has 1 aromatic carbocycles. The van der Waals surface area contributed by atoms with Crippen molar-refractivity contribution in [3.63, 3.8) is 0 Å². The lowest BCUT2D eigenvalue weighted by Gasteiger charge is -2.08. The summed E-state index contributed by atoms with van der Waals surface area (Å²) in [6, 6.07) is 4.23. The Hall–Kier alpha value is -0.620. The topological polar surface area (TPSA) is 46.2 Å². The molecule has 0 radical (unpaired) electrons. The van der Waals surface area contributed by atoms with Gasteiger partial charge in [-0.1, -0.05) is 6.92 Å². The minimum atomic E-state index is -2.98. The molecule has 0 spiro atoms. The van der Waals surface area contributed by atoms with Gasteiger partial charge in [-0.2, -0.15) is 0 Å².